The largest absolute Gasteiger partial charge is 0.382 e. The van der Waals surface area contributed by atoms with Crippen molar-refractivity contribution in [3.63, 3.8) is 0 Å². The molecule has 0 bridgehead atoms. The second kappa shape index (κ2) is 7.02. The third kappa shape index (κ3) is 3.88. The van der Waals surface area contributed by atoms with Crippen LogP contribution in [-0.4, -0.2) is 32.7 Å². The van der Waals surface area contributed by atoms with Crippen molar-refractivity contribution in [2.75, 3.05) is 26.9 Å². The lowest BCUT2D eigenvalue weighted by atomic mass is 10.0. The molecule has 0 heterocycles. The summed E-state index contributed by atoms with van der Waals surface area (Å²) in [4.78, 5) is 11.9. The summed E-state index contributed by atoms with van der Waals surface area (Å²) in [7, 11) is 1.61. The number of rotatable bonds is 7. The maximum absolute atomic E-state index is 11.9. The fourth-order valence-electron chi connectivity index (χ4n) is 2.04. The van der Waals surface area contributed by atoms with E-state index in [1.54, 1.807) is 7.11 Å². The zero-order chi connectivity index (χ0) is 13.5. The van der Waals surface area contributed by atoms with Gasteiger partial charge in [0.2, 0.25) is 0 Å². The lowest BCUT2D eigenvalue weighted by Crippen LogP contribution is -2.14. The van der Waals surface area contributed by atoms with Crippen LogP contribution in [0.4, 0.5) is 0 Å². The van der Waals surface area contributed by atoms with Gasteiger partial charge in [0.15, 0.2) is 5.78 Å². The fourth-order valence-corrected chi connectivity index (χ4v) is 2.04. The Hall–Kier alpha value is -1.71. The molecule has 2 aromatic carbocycles. The van der Waals surface area contributed by atoms with Crippen molar-refractivity contribution >= 4 is 16.6 Å². The first-order valence-electron chi connectivity index (χ1n) is 6.36. The molecule has 0 N–H and O–H groups in total. The number of hydrogen-bond acceptors (Lipinski definition) is 3. The second-order valence-corrected chi connectivity index (χ2v) is 4.40. The Kier molecular flexibility index (Phi) is 5.07. The number of Topliss-reactive ketones (excluding diaryl/α,β-unsaturated/α-hetero) is 1. The van der Waals surface area contributed by atoms with E-state index in [0.29, 0.717) is 19.6 Å². The number of carbonyl (C=O) groups is 1. The molecule has 0 aliphatic heterocycles. The highest BCUT2D eigenvalue weighted by molar-refractivity contribution is 5.91. The molecule has 0 aromatic heterocycles. The van der Waals surface area contributed by atoms with Gasteiger partial charge in [0.25, 0.3) is 0 Å². The predicted octanol–water partition coefficient (Wildman–Crippen LogP) is 2.61. The molecule has 19 heavy (non-hydrogen) atoms. The first kappa shape index (κ1) is 13.7. The van der Waals surface area contributed by atoms with E-state index in [1.807, 2.05) is 30.3 Å². The summed E-state index contributed by atoms with van der Waals surface area (Å²) in [5.41, 5.74) is 1.05. The molecule has 0 unspecified atom stereocenters. The van der Waals surface area contributed by atoms with Crippen molar-refractivity contribution in [2.24, 2.45) is 0 Å². The van der Waals surface area contributed by atoms with Gasteiger partial charge in [0.05, 0.1) is 13.2 Å². The van der Waals surface area contributed by atoms with Gasteiger partial charge in [-0.15, -0.1) is 0 Å². The topological polar surface area (TPSA) is 35.5 Å². The van der Waals surface area contributed by atoms with Crippen LogP contribution >= 0.6 is 0 Å². The first-order chi connectivity index (χ1) is 9.31. The van der Waals surface area contributed by atoms with Gasteiger partial charge >= 0.3 is 0 Å². The van der Waals surface area contributed by atoms with Gasteiger partial charge in [0, 0.05) is 13.5 Å². The van der Waals surface area contributed by atoms with Crippen LogP contribution in [0.15, 0.2) is 42.5 Å². The molecule has 0 atom stereocenters. The second-order valence-electron chi connectivity index (χ2n) is 4.40. The van der Waals surface area contributed by atoms with Crippen LogP contribution in [0.2, 0.25) is 0 Å². The lowest BCUT2D eigenvalue weighted by molar-refractivity contribution is -0.123. The molecule has 2 aromatic rings. The van der Waals surface area contributed by atoms with Gasteiger partial charge in [-0.05, 0) is 16.3 Å². The van der Waals surface area contributed by atoms with E-state index in [0.717, 1.165) is 16.3 Å². The number of ether oxygens (including phenoxy) is 2. The summed E-state index contributed by atoms with van der Waals surface area (Å²) >= 11 is 0. The summed E-state index contributed by atoms with van der Waals surface area (Å²) in [6.07, 6.45) is 0.411. The average molecular weight is 258 g/mol. The smallest absolute Gasteiger partial charge is 0.162 e. The summed E-state index contributed by atoms with van der Waals surface area (Å²) in [5.74, 6) is 0.0902. The van der Waals surface area contributed by atoms with Gasteiger partial charge in [-0.1, -0.05) is 42.5 Å². The highest BCUT2D eigenvalue weighted by atomic mass is 16.5. The van der Waals surface area contributed by atoms with Crippen LogP contribution in [0.5, 0.6) is 0 Å². The minimum Gasteiger partial charge on any atom is -0.382 e. The monoisotopic (exact) mass is 258 g/mol. The number of fused-ring (bicyclic) bond motifs is 1. The molecule has 100 valence electrons. The van der Waals surface area contributed by atoms with E-state index < -0.39 is 0 Å². The van der Waals surface area contributed by atoms with Crippen LogP contribution in [0.1, 0.15) is 5.56 Å². The van der Waals surface area contributed by atoms with E-state index in [-0.39, 0.29) is 12.4 Å². The number of hydrogen-bond donors (Lipinski definition) is 0. The lowest BCUT2D eigenvalue weighted by Gasteiger charge is -2.06. The standard InChI is InChI=1S/C16H18O3/c1-18-9-10-19-12-15(17)11-14-7-4-6-13-5-2-3-8-16(13)14/h2-8H,9-12H2,1H3. The number of benzene rings is 2. The maximum atomic E-state index is 11.9. The molecule has 0 radical (unpaired) electrons. The summed E-state index contributed by atoms with van der Waals surface area (Å²) < 4.78 is 10.1. The van der Waals surface area contributed by atoms with Crippen molar-refractivity contribution in [1.29, 1.82) is 0 Å². The number of ketones is 1. The van der Waals surface area contributed by atoms with E-state index in [2.05, 4.69) is 12.1 Å². The van der Waals surface area contributed by atoms with Crippen molar-refractivity contribution in [2.45, 2.75) is 6.42 Å². The van der Waals surface area contributed by atoms with Gasteiger partial charge in [-0.25, -0.2) is 0 Å². The Morgan fingerprint density at radius 1 is 1.05 bits per heavy atom. The quantitative estimate of drug-likeness (QED) is 0.716. The molecule has 0 amide bonds. The van der Waals surface area contributed by atoms with Crippen LogP contribution in [0, 0.1) is 0 Å². The van der Waals surface area contributed by atoms with Crippen molar-refractivity contribution in [3.05, 3.63) is 48.0 Å². The molecule has 0 fully saturated rings. The van der Waals surface area contributed by atoms with Crippen LogP contribution in [-0.2, 0) is 20.7 Å². The molecule has 0 aliphatic carbocycles. The van der Waals surface area contributed by atoms with E-state index >= 15 is 0 Å². The third-order valence-corrected chi connectivity index (χ3v) is 2.96. The van der Waals surface area contributed by atoms with E-state index in [1.165, 1.54) is 0 Å². The summed E-state index contributed by atoms with van der Waals surface area (Å²) in [6, 6.07) is 14.1. The van der Waals surface area contributed by atoms with E-state index in [9.17, 15) is 4.79 Å². The predicted molar refractivity (Wildman–Crippen MR) is 75.4 cm³/mol. The molecular weight excluding hydrogens is 240 g/mol. The van der Waals surface area contributed by atoms with Crippen molar-refractivity contribution in [1.82, 2.24) is 0 Å². The molecule has 3 heteroatoms. The number of carbonyl (C=O) groups excluding carboxylic acids is 1. The van der Waals surface area contributed by atoms with Crippen molar-refractivity contribution in [3.8, 4) is 0 Å². The van der Waals surface area contributed by atoms with Crippen molar-refractivity contribution < 1.29 is 14.3 Å². The Bertz CT molecular complexity index is 543. The Labute approximate surface area is 113 Å². The highest BCUT2D eigenvalue weighted by Crippen LogP contribution is 2.18. The van der Waals surface area contributed by atoms with Crippen LogP contribution < -0.4 is 0 Å². The molecule has 0 saturated heterocycles. The zero-order valence-corrected chi connectivity index (χ0v) is 11.1. The molecule has 0 saturated carbocycles. The molecule has 2 rings (SSSR count). The van der Waals surface area contributed by atoms with Crippen LogP contribution in [0.25, 0.3) is 10.8 Å². The summed E-state index contributed by atoms with van der Waals surface area (Å²) in [6.45, 7) is 1.12. The van der Waals surface area contributed by atoms with Gasteiger partial charge in [-0.3, -0.25) is 4.79 Å². The fraction of sp³-hybridized carbons (Fsp3) is 0.312. The Morgan fingerprint density at radius 2 is 1.84 bits per heavy atom. The van der Waals surface area contributed by atoms with E-state index in [4.69, 9.17) is 9.47 Å². The molecule has 0 spiro atoms. The number of methoxy groups -OCH3 is 1. The Morgan fingerprint density at radius 3 is 2.68 bits per heavy atom. The SMILES string of the molecule is COCCOCC(=O)Cc1cccc2ccccc12. The molecule has 3 nitrogen and oxygen atoms in total. The Balaban J connectivity index is 1.99. The average Bonchev–Trinajstić information content (AvgIpc) is 2.44. The zero-order valence-electron chi connectivity index (χ0n) is 11.1. The van der Waals surface area contributed by atoms with Gasteiger partial charge in [0.1, 0.15) is 6.61 Å². The normalized spacial score (nSPS) is 10.8. The maximum Gasteiger partial charge on any atom is 0.162 e. The minimum absolute atomic E-state index is 0.0902. The molecule has 0 aliphatic rings. The first-order valence-corrected chi connectivity index (χ1v) is 6.36. The third-order valence-electron chi connectivity index (χ3n) is 2.96. The molecular formula is C16H18O3. The highest BCUT2D eigenvalue weighted by Gasteiger charge is 2.07. The minimum atomic E-state index is 0.0902. The van der Waals surface area contributed by atoms with Crippen LogP contribution in [0.3, 0.4) is 0 Å². The van der Waals surface area contributed by atoms with Gasteiger partial charge in [-0.2, -0.15) is 0 Å². The van der Waals surface area contributed by atoms with Gasteiger partial charge < -0.3 is 9.47 Å². The summed E-state index contributed by atoms with van der Waals surface area (Å²) in [5, 5.41) is 2.29.